The van der Waals surface area contributed by atoms with Crippen LogP contribution in [0, 0.1) is 0 Å². The minimum atomic E-state index is -0.848. The first-order chi connectivity index (χ1) is 12.7. The van der Waals surface area contributed by atoms with Crippen molar-refractivity contribution in [2.75, 3.05) is 6.61 Å². The molecule has 3 heteroatoms. The summed E-state index contributed by atoms with van der Waals surface area (Å²) < 4.78 is 0. The highest BCUT2D eigenvalue weighted by molar-refractivity contribution is 5.85. The third kappa shape index (κ3) is 19.5. The average molecular weight is 369 g/mol. The lowest BCUT2D eigenvalue weighted by molar-refractivity contribution is -0.132. The summed E-state index contributed by atoms with van der Waals surface area (Å²) in [6.45, 7) is 3.92. The van der Waals surface area contributed by atoms with Gasteiger partial charge < -0.3 is 10.2 Å². The number of hydrogen-bond donors (Lipinski definition) is 2. The van der Waals surface area contributed by atoms with E-state index in [0.29, 0.717) is 18.6 Å². The van der Waals surface area contributed by atoms with Gasteiger partial charge in [0, 0.05) is 12.2 Å². The van der Waals surface area contributed by atoms with Crippen LogP contribution in [0.25, 0.3) is 0 Å². The maximum atomic E-state index is 10.6. The number of rotatable bonds is 21. The fourth-order valence-corrected chi connectivity index (χ4v) is 3.39. The van der Waals surface area contributed by atoms with Crippen LogP contribution < -0.4 is 0 Å². The van der Waals surface area contributed by atoms with E-state index >= 15 is 0 Å². The summed E-state index contributed by atoms with van der Waals surface area (Å²) in [6, 6.07) is 0. The first-order valence-electron chi connectivity index (χ1n) is 11.2. The second-order valence-electron chi connectivity index (χ2n) is 7.75. The number of carbonyl (C=O) groups is 1. The van der Waals surface area contributed by atoms with Gasteiger partial charge in [-0.25, -0.2) is 4.79 Å². The van der Waals surface area contributed by atoms with Crippen molar-refractivity contribution < 1.29 is 15.0 Å². The molecule has 0 aliphatic heterocycles. The van der Waals surface area contributed by atoms with E-state index in [-0.39, 0.29) is 0 Å². The van der Waals surface area contributed by atoms with E-state index in [0.717, 1.165) is 19.3 Å². The molecule has 0 heterocycles. The zero-order valence-corrected chi connectivity index (χ0v) is 17.2. The van der Waals surface area contributed by atoms with E-state index in [1.165, 1.54) is 96.3 Å². The lowest BCUT2D eigenvalue weighted by Crippen LogP contribution is -1.98. The third-order valence-electron chi connectivity index (χ3n) is 5.19. The molecule has 0 saturated carbocycles. The van der Waals surface area contributed by atoms with Crippen LogP contribution in [0.5, 0.6) is 0 Å². The van der Waals surface area contributed by atoms with Gasteiger partial charge >= 0.3 is 5.97 Å². The molecule has 0 spiro atoms. The van der Waals surface area contributed by atoms with Gasteiger partial charge in [-0.05, 0) is 19.3 Å². The molecule has 0 aromatic heterocycles. The van der Waals surface area contributed by atoms with E-state index in [4.69, 9.17) is 10.2 Å². The molecular weight excluding hydrogens is 324 g/mol. The number of carboxylic acids is 1. The number of hydrogen-bond acceptors (Lipinski definition) is 2. The lowest BCUT2D eigenvalue weighted by Gasteiger charge is -2.04. The predicted octanol–water partition coefficient (Wildman–Crippen LogP) is 7.03. The molecule has 0 aromatic carbocycles. The first kappa shape index (κ1) is 25.2. The zero-order valence-electron chi connectivity index (χ0n) is 17.2. The van der Waals surface area contributed by atoms with E-state index < -0.39 is 5.97 Å². The first-order valence-corrected chi connectivity index (χ1v) is 11.2. The Balaban J connectivity index is 3.05. The number of carboxylic acid groups (broad SMARTS) is 1. The van der Waals surface area contributed by atoms with Gasteiger partial charge in [0.05, 0.1) is 0 Å². The molecule has 0 atom stereocenters. The van der Waals surface area contributed by atoms with Gasteiger partial charge in [0.15, 0.2) is 0 Å². The largest absolute Gasteiger partial charge is 0.478 e. The highest BCUT2D eigenvalue weighted by Gasteiger charge is 2.02. The van der Waals surface area contributed by atoms with Gasteiger partial charge in [0.1, 0.15) is 0 Å². The molecule has 26 heavy (non-hydrogen) atoms. The molecule has 0 amide bonds. The number of unbranched alkanes of at least 4 members (excludes halogenated alkanes) is 17. The summed E-state index contributed by atoms with van der Waals surface area (Å²) in [4.78, 5) is 10.6. The molecule has 154 valence electrons. The summed E-state index contributed by atoms with van der Waals surface area (Å²) in [6.07, 6.45) is 23.9. The Hall–Kier alpha value is -0.830. The van der Waals surface area contributed by atoms with Crippen LogP contribution in [0.2, 0.25) is 0 Å². The van der Waals surface area contributed by atoms with Crippen LogP contribution in [0.1, 0.15) is 122 Å². The van der Waals surface area contributed by atoms with Crippen molar-refractivity contribution in [3.63, 3.8) is 0 Å². The summed E-state index contributed by atoms with van der Waals surface area (Å²) in [5, 5.41) is 17.4. The van der Waals surface area contributed by atoms with Gasteiger partial charge in [-0.15, -0.1) is 0 Å². The average Bonchev–Trinajstić information content (AvgIpc) is 2.63. The minimum absolute atomic E-state index is 0.350. The summed E-state index contributed by atoms with van der Waals surface area (Å²) in [7, 11) is 0. The van der Waals surface area contributed by atoms with Gasteiger partial charge in [-0.1, -0.05) is 109 Å². The Kier molecular flexibility index (Phi) is 19.8. The molecule has 0 aliphatic carbocycles. The smallest absolute Gasteiger partial charge is 0.330 e. The normalized spacial score (nSPS) is 11.0. The number of aliphatic carboxylic acids is 1. The molecule has 3 nitrogen and oxygen atoms in total. The second-order valence-corrected chi connectivity index (χ2v) is 7.75. The Bertz CT molecular complexity index is 325. The number of aliphatic hydroxyl groups excluding tert-OH is 1. The van der Waals surface area contributed by atoms with Gasteiger partial charge in [0.2, 0.25) is 0 Å². The molecule has 0 aliphatic rings. The topological polar surface area (TPSA) is 57.5 Å². The molecule has 0 aromatic rings. The summed E-state index contributed by atoms with van der Waals surface area (Å²) in [5.74, 6) is -0.848. The lowest BCUT2D eigenvalue weighted by atomic mass is 10.0. The summed E-state index contributed by atoms with van der Waals surface area (Å²) in [5.41, 5.74) is 0.350. The van der Waals surface area contributed by atoms with Crippen LogP contribution >= 0.6 is 0 Å². The van der Waals surface area contributed by atoms with Crippen LogP contribution in [0.4, 0.5) is 0 Å². The molecule has 0 fully saturated rings. The second kappa shape index (κ2) is 20.5. The van der Waals surface area contributed by atoms with Gasteiger partial charge in [-0.3, -0.25) is 0 Å². The molecular formula is C23H44O3. The van der Waals surface area contributed by atoms with Crippen molar-refractivity contribution in [2.45, 2.75) is 122 Å². The molecule has 0 unspecified atom stereocenters. The highest BCUT2D eigenvalue weighted by atomic mass is 16.4. The van der Waals surface area contributed by atoms with Crippen molar-refractivity contribution in [2.24, 2.45) is 0 Å². The Labute approximate surface area is 162 Å². The van der Waals surface area contributed by atoms with E-state index in [2.05, 4.69) is 6.58 Å². The molecule has 0 saturated heterocycles. The van der Waals surface area contributed by atoms with E-state index in [9.17, 15) is 4.79 Å². The van der Waals surface area contributed by atoms with Crippen LogP contribution in [-0.2, 0) is 4.79 Å². The molecule has 0 bridgehead atoms. The SMILES string of the molecule is C=C(CCCCCCCCCCCCCCCCCCCCO)C(=O)O. The van der Waals surface area contributed by atoms with Gasteiger partial charge in [-0.2, -0.15) is 0 Å². The molecule has 0 rings (SSSR count). The van der Waals surface area contributed by atoms with Gasteiger partial charge in [0.25, 0.3) is 0 Å². The van der Waals surface area contributed by atoms with E-state index in [1.54, 1.807) is 0 Å². The van der Waals surface area contributed by atoms with Crippen molar-refractivity contribution in [3.05, 3.63) is 12.2 Å². The Morgan fingerprint density at radius 1 is 0.538 bits per heavy atom. The quantitative estimate of drug-likeness (QED) is 0.169. The Morgan fingerprint density at radius 3 is 1.08 bits per heavy atom. The van der Waals surface area contributed by atoms with Crippen molar-refractivity contribution in [1.29, 1.82) is 0 Å². The fraction of sp³-hybridized carbons (Fsp3) is 0.870. The van der Waals surface area contributed by atoms with Crippen LogP contribution in [0.15, 0.2) is 12.2 Å². The molecule has 2 N–H and O–H groups in total. The maximum Gasteiger partial charge on any atom is 0.330 e. The zero-order chi connectivity index (χ0) is 19.3. The van der Waals surface area contributed by atoms with Crippen molar-refractivity contribution in [3.8, 4) is 0 Å². The minimum Gasteiger partial charge on any atom is -0.478 e. The van der Waals surface area contributed by atoms with E-state index in [1.807, 2.05) is 0 Å². The number of aliphatic hydroxyl groups is 1. The Morgan fingerprint density at radius 2 is 0.808 bits per heavy atom. The van der Waals surface area contributed by atoms with Crippen LogP contribution in [-0.4, -0.2) is 22.8 Å². The highest BCUT2D eigenvalue weighted by Crippen LogP contribution is 2.15. The monoisotopic (exact) mass is 368 g/mol. The fourth-order valence-electron chi connectivity index (χ4n) is 3.39. The summed E-state index contributed by atoms with van der Waals surface area (Å²) >= 11 is 0. The van der Waals surface area contributed by atoms with Crippen LogP contribution in [0.3, 0.4) is 0 Å². The molecule has 0 radical (unpaired) electrons. The third-order valence-corrected chi connectivity index (χ3v) is 5.19. The standard InChI is InChI=1S/C23H44O3/c1-22(23(25)26)20-18-16-14-12-10-8-6-4-2-3-5-7-9-11-13-15-17-19-21-24/h24H,1-21H2,(H,25,26). The van der Waals surface area contributed by atoms with Crippen molar-refractivity contribution >= 4 is 5.97 Å². The predicted molar refractivity (Wildman–Crippen MR) is 112 cm³/mol. The maximum absolute atomic E-state index is 10.6. The van der Waals surface area contributed by atoms with Crippen molar-refractivity contribution in [1.82, 2.24) is 0 Å².